The Morgan fingerprint density at radius 1 is 1.39 bits per heavy atom. The molecular weight excluding hydrogens is 316 g/mol. The molecular formula is C15H20N4O3S. The Morgan fingerprint density at radius 2 is 2.09 bits per heavy atom. The molecule has 0 radical (unpaired) electrons. The quantitative estimate of drug-likeness (QED) is 0.889. The number of aromatic nitrogens is 2. The zero-order chi connectivity index (χ0) is 17.1. The molecule has 0 saturated carbocycles. The molecule has 0 aliphatic carbocycles. The van der Waals surface area contributed by atoms with Crippen LogP contribution in [0.3, 0.4) is 0 Å². The summed E-state index contributed by atoms with van der Waals surface area (Å²) in [6.07, 6.45) is 2.10. The average molecular weight is 336 g/mol. The Bertz CT molecular complexity index is 809. The standard InChI is InChI=1S/C15H20N4O3S/c1-5-8(2)17-15(22)18-11(20)6-19-7-16-13-12(14(19)21)9(3)10(4)23-13/h7-8H,5-6H2,1-4H3,(H2,17,18,20,22)/t8-/m0/s1. The maximum Gasteiger partial charge on any atom is 0.321 e. The van der Waals surface area contributed by atoms with Gasteiger partial charge in [0.2, 0.25) is 5.91 Å². The van der Waals surface area contributed by atoms with Crippen LogP contribution in [0.2, 0.25) is 0 Å². The van der Waals surface area contributed by atoms with Gasteiger partial charge in [-0.3, -0.25) is 19.5 Å². The van der Waals surface area contributed by atoms with E-state index in [1.807, 2.05) is 27.7 Å². The van der Waals surface area contributed by atoms with E-state index in [0.29, 0.717) is 10.2 Å². The van der Waals surface area contributed by atoms with Gasteiger partial charge in [-0.1, -0.05) is 6.92 Å². The summed E-state index contributed by atoms with van der Waals surface area (Å²) in [5.74, 6) is -0.557. The third-order valence-electron chi connectivity index (χ3n) is 3.71. The number of hydrogen-bond donors (Lipinski definition) is 2. The van der Waals surface area contributed by atoms with Crippen molar-refractivity contribution in [3.63, 3.8) is 0 Å². The first-order chi connectivity index (χ1) is 10.8. The van der Waals surface area contributed by atoms with Crippen LogP contribution in [-0.2, 0) is 11.3 Å². The van der Waals surface area contributed by atoms with Crippen molar-refractivity contribution in [2.75, 3.05) is 0 Å². The number of fused-ring (bicyclic) bond motifs is 1. The molecule has 3 amide bonds. The molecule has 2 rings (SSSR count). The van der Waals surface area contributed by atoms with Crippen molar-refractivity contribution in [1.29, 1.82) is 0 Å². The maximum atomic E-state index is 12.5. The highest BCUT2D eigenvalue weighted by Crippen LogP contribution is 2.25. The summed E-state index contributed by atoms with van der Waals surface area (Å²) in [7, 11) is 0. The molecule has 2 heterocycles. The van der Waals surface area contributed by atoms with Gasteiger partial charge in [0, 0.05) is 10.9 Å². The van der Waals surface area contributed by atoms with E-state index in [1.54, 1.807) is 0 Å². The number of aryl methyl sites for hydroxylation is 2. The predicted molar refractivity (Wildman–Crippen MR) is 89.8 cm³/mol. The molecule has 1 atom stereocenters. The summed E-state index contributed by atoms with van der Waals surface area (Å²) in [6, 6.07) is -0.589. The lowest BCUT2D eigenvalue weighted by Gasteiger charge is -2.12. The molecule has 0 aliphatic heterocycles. The number of thiophene rings is 1. The van der Waals surface area contributed by atoms with Crippen LogP contribution in [0.5, 0.6) is 0 Å². The van der Waals surface area contributed by atoms with Gasteiger partial charge in [0.1, 0.15) is 11.4 Å². The van der Waals surface area contributed by atoms with Gasteiger partial charge in [0.15, 0.2) is 0 Å². The highest BCUT2D eigenvalue weighted by molar-refractivity contribution is 7.18. The van der Waals surface area contributed by atoms with Crippen molar-refractivity contribution >= 4 is 33.5 Å². The number of urea groups is 1. The smallest absolute Gasteiger partial charge is 0.321 e. The second-order valence-electron chi connectivity index (χ2n) is 5.47. The number of imide groups is 1. The van der Waals surface area contributed by atoms with Crippen molar-refractivity contribution in [2.24, 2.45) is 0 Å². The lowest BCUT2D eigenvalue weighted by molar-refractivity contribution is -0.120. The van der Waals surface area contributed by atoms with E-state index in [4.69, 9.17) is 0 Å². The highest BCUT2D eigenvalue weighted by atomic mass is 32.1. The fourth-order valence-corrected chi connectivity index (χ4v) is 3.05. The molecule has 2 aromatic heterocycles. The van der Waals surface area contributed by atoms with Gasteiger partial charge in [-0.2, -0.15) is 0 Å². The number of carbonyl (C=O) groups excluding carboxylic acids is 2. The van der Waals surface area contributed by atoms with Crippen LogP contribution in [-0.4, -0.2) is 27.5 Å². The summed E-state index contributed by atoms with van der Waals surface area (Å²) in [4.78, 5) is 41.9. The normalized spacial score (nSPS) is 12.2. The van der Waals surface area contributed by atoms with Crippen LogP contribution in [0.25, 0.3) is 10.2 Å². The SMILES string of the molecule is CC[C@H](C)NC(=O)NC(=O)Cn1cnc2sc(C)c(C)c2c1=O. The number of carbonyl (C=O) groups is 2. The molecule has 23 heavy (non-hydrogen) atoms. The van der Waals surface area contributed by atoms with Crippen molar-refractivity contribution in [3.8, 4) is 0 Å². The van der Waals surface area contributed by atoms with Gasteiger partial charge in [0.05, 0.1) is 11.7 Å². The third-order valence-corrected chi connectivity index (χ3v) is 4.83. The fourth-order valence-electron chi connectivity index (χ4n) is 2.07. The Morgan fingerprint density at radius 3 is 2.74 bits per heavy atom. The van der Waals surface area contributed by atoms with E-state index in [-0.39, 0.29) is 18.1 Å². The molecule has 0 unspecified atom stereocenters. The highest BCUT2D eigenvalue weighted by Gasteiger charge is 2.15. The Balaban J connectivity index is 2.14. The number of rotatable bonds is 4. The van der Waals surface area contributed by atoms with E-state index >= 15 is 0 Å². The lowest BCUT2D eigenvalue weighted by atomic mass is 10.2. The van der Waals surface area contributed by atoms with Crippen molar-refractivity contribution in [1.82, 2.24) is 20.2 Å². The molecule has 2 N–H and O–H groups in total. The molecule has 7 nitrogen and oxygen atoms in total. The van der Waals surface area contributed by atoms with E-state index < -0.39 is 11.9 Å². The minimum Gasteiger partial charge on any atom is -0.335 e. The lowest BCUT2D eigenvalue weighted by Crippen LogP contribution is -2.45. The second kappa shape index (κ2) is 6.91. The molecule has 124 valence electrons. The van der Waals surface area contributed by atoms with Crippen LogP contribution < -0.4 is 16.2 Å². The van der Waals surface area contributed by atoms with Gasteiger partial charge in [-0.25, -0.2) is 9.78 Å². The molecule has 0 saturated heterocycles. The summed E-state index contributed by atoms with van der Waals surface area (Å²) >= 11 is 1.45. The summed E-state index contributed by atoms with van der Waals surface area (Å²) in [6.45, 7) is 7.31. The molecule has 2 aromatic rings. The fraction of sp³-hybridized carbons (Fsp3) is 0.467. The van der Waals surface area contributed by atoms with Gasteiger partial charge < -0.3 is 5.32 Å². The molecule has 0 fully saturated rings. The largest absolute Gasteiger partial charge is 0.335 e. The van der Waals surface area contributed by atoms with Gasteiger partial charge >= 0.3 is 6.03 Å². The zero-order valence-electron chi connectivity index (χ0n) is 13.6. The van der Waals surface area contributed by atoms with Crippen LogP contribution in [0.15, 0.2) is 11.1 Å². The van der Waals surface area contributed by atoms with Crippen LogP contribution in [0.4, 0.5) is 4.79 Å². The second-order valence-corrected chi connectivity index (χ2v) is 6.68. The average Bonchev–Trinajstić information content (AvgIpc) is 2.77. The predicted octanol–water partition coefficient (Wildman–Crippen LogP) is 1.70. The van der Waals surface area contributed by atoms with Gasteiger partial charge in [0.25, 0.3) is 5.56 Å². The topological polar surface area (TPSA) is 93.1 Å². The van der Waals surface area contributed by atoms with Crippen LogP contribution in [0, 0.1) is 13.8 Å². The van der Waals surface area contributed by atoms with Crippen molar-refractivity contribution in [2.45, 2.75) is 46.7 Å². The molecule has 8 heteroatoms. The third kappa shape index (κ3) is 3.76. The minimum atomic E-state index is -0.561. The van der Waals surface area contributed by atoms with Crippen LogP contribution >= 0.6 is 11.3 Å². The minimum absolute atomic E-state index is 0.0278. The summed E-state index contributed by atoms with van der Waals surface area (Å²) in [5, 5.41) is 5.38. The molecule has 0 aromatic carbocycles. The number of amides is 3. The van der Waals surface area contributed by atoms with Gasteiger partial charge in [-0.15, -0.1) is 11.3 Å². The van der Waals surface area contributed by atoms with E-state index in [2.05, 4.69) is 15.6 Å². The first-order valence-corrected chi connectivity index (χ1v) is 8.20. The summed E-state index contributed by atoms with van der Waals surface area (Å²) in [5.41, 5.74) is 0.612. The summed E-state index contributed by atoms with van der Waals surface area (Å²) < 4.78 is 1.22. The van der Waals surface area contributed by atoms with E-state index in [0.717, 1.165) is 16.9 Å². The first kappa shape index (κ1) is 17.1. The Hall–Kier alpha value is -2.22. The molecule has 0 spiro atoms. The zero-order valence-corrected chi connectivity index (χ0v) is 14.4. The Labute approximate surface area is 137 Å². The first-order valence-electron chi connectivity index (χ1n) is 7.39. The monoisotopic (exact) mass is 336 g/mol. The molecule has 0 aliphatic rings. The molecule has 0 bridgehead atoms. The van der Waals surface area contributed by atoms with E-state index in [1.165, 1.54) is 22.2 Å². The number of nitrogens with zero attached hydrogens (tertiary/aromatic N) is 2. The van der Waals surface area contributed by atoms with Crippen molar-refractivity contribution < 1.29 is 9.59 Å². The van der Waals surface area contributed by atoms with Gasteiger partial charge in [-0.05, 0) is 32.8 Å². The Kier molecular flexibility index (Phi) is 5.15. The van der Waals surface area contributed by atoms with E-state index in [9.17, 15) is 14.4 Å². The van der Waals surface area contributed by atoms with Crippen molar-refractivity contribution in [3.05, 3.63) is 27.1 Å². The number of hydrogen-bond acceptors (Lipinski definition) is 5. The number of nitrogens with one attached hydrogen (secondary N) is 2. The maximum absolute atomic E-state index is 12.5. The van der Waals surface area contributed by atoms with Crippen LogP contribution in [0.1, 0.15) is 30.7 Å².